The van der Waals surface area contributed by atoms with E-state index in [4.69, 9.17) is 5.10 Å². The van der Waals surface area contributed by atoms with Crippen LogP contribution in [0.15, 0.2) is 0 Å². The van der Waals surface area contributed by atoms with E-state index in [2.05, 4.69) is 15.5 Å². The highest BCUT2D eigenvalue weighted by atomic mass is 32.1. The van der Waals surface area contributed by atoms with E-state index < -0.39 is 0 Å². The maximum absolute atomic E-state index is 4.83. The summed E-state index contributed by atoms with van der Waals surface area (Å²) < 4.78 is 2.04. The zero-order valence-corrected chi connectivity index (χ0v) is 13.2. The third-order valence-corrected chi connectivity index (χ3v) is 5.87. The van der Waals surface area contributed by atoms with Gasteiger partial charge in [0, 0.05) is 12.3 Å². The third-order valence-electron chi connectivity index (χ3n) is 4.95. The zero-order valence-electron chi connectivity index (χ0n) is 12.4. The van der Waals surface area contributed by atoms with Crippen LogP contribution in [-0.2, 0) is 6.42 Å². The smallest absolute Gasteiger partial charge is 0.234 e. The molecule has 1 aliphatic carbocycles. The molecular weight excluding hydrogens is 282 g/mol. The number of fused-ring (bicyclic) bond motifs is 1. The van der Waals surface area contributed by atoms with E-state index >= 15 is 0 Å². The molecule has 0 bridgehead atoms. The van der Waals surface area contributed by atoms with E-state index in [1.807, 2.05) is 4.52 Å². The molecule has 0 aromatic carbocycles. The first kappa shape index (κ1) is 13.6. The molecule has 1 saturated carbocycles. The largest absolute Gasteiger partial charge is 0.317 e. The molecule has 2 aromatic rings. The Morgan fingerprint density at radius 2 is 1.86 bits per heavy atom. The first-order chi connectivity index (χ1) is 10.4. The Balaban J connectivity index is 1.53. The Hall–Kier alpha value is -1.01. The fourth-order valence-corrected chi connectivity index (χ4v) is 4.66. The van der Waals surface area contributed by atoms with Crippen LogP contribution in [0.2, 0.25) is 0 Å². The predicted molar refractivity (Wildman–Crippen MR) is 83.8 cm³/mol. The van der Waals surface area contributed by atoms with E-state index in [9.17, 15) is 0 Å². The standard InChI is InChI=1S/C15H23N5S/c1-2-4-12(5-3-1)14-17-18-15-20(14)19-13(21-15)10-11-6-8-16-9-7-11/h11-12,16H,1-10H2. The number of hydrogen-bond donors (Lipinski definition) is 1. The first-order valence-electron chi connectivity index (χ1n) is 8.32. The number of hydrogen-bond acceptors (Lipinski definition) is 5. The maximum Gasteiger partial charge on any atom is 0.234 e. The minimum Gasteiger partial charge on any atom is -0.317 e. The summed E-state index contributed by atoms with van der Waals surface area (Å²) in [5, 5.41) is 18.3. The normalized spacial score (nSPS) is 22.1. The first-order valence-corrected chi connectivity index (χ1v) is 9.13. The lowest BCUT2D eigenvalue weighted by molar-refractivity contribution is 0.371. The molecule has 0 atom stereocenters. The summed E-state index contributed by atoms with van der Waals surface area (Å²) in [7, 11) is 0. The second-order valence-electron chi connectivity index (χ2n) is 6.48. The molecule has 0 unspecified atom stereocenters. The molecule has 1 saturated heterocycles. The van der Waals surface area contributed by atoms with Crippen molar-refractivity contribution in [3.63, 3.8) is 0 Å². The molecule has 4 rings (SSSR count). The van der Waals surface area contributed by atoms with Crippen molar-refractivity contribution in [1.29, 1.82) is 0 Å². The summed E-state index contributed by atoms with van der Waals surface area (Å²) in [6.45, 7) is 2.31. The van der Waals surface area contributed by atoms with Gasteiger partial charge in [-0.05, 0) is 44.7 Å². The molecule has 3 heterocycles. The molecule has 0 spiro atoms. The fourth-order valence-electron chi connectivity index (χ4n) is 3.70. The van der Waals surface area contributed by atoms with Crippen LogP contribution in [0, 0.1) is 5.92 Å². The van der Waals surface area contributed by atoms with Crippen molar-refractivity contribution in [1.82, 2.24) is 25.1 Å². The molecule has 2 fully saturated rings. The molecule has 2 aliphatic rings. The van der Waals surface area contributed by atoms with Gasteiger partial charge in [0.1, 0.15) is 5.01 Å². The molecule has 0 amide bonds. The van der Waals surface area contributed by atoms with Crippen LogP contribution in [0.4, 0.5) is 0 Å². The van der Waals surface area contributed by atoms with Crippen molar-refractivity contribution in [3.8, 4) is 0 Å². The number of aromatic nitrogens is 4. The molecule has 0 radical (unpaired) electrons. The Labute approximate surface area is 129 Å². The van der Waals surface area contributed by atoms with Crippen molar-refractivity contribution in [3.05, 3.63) is 10.8 Å². The third kappa shape index (κ3) is 2.83. The van der Waals surface area contributed by atoms with Gasteiger partial charge in [0.05, 0.1) is 0 Å². The molecule has 21 heavy (non-hydrogen) atoms. The Morgan fingerprint density at radius 1 is 1.05 bits per heavy atom. The van der Waals surface area contributed by atoms with Crippen molar-refractivity contribution in [2.75, 3.05) is 13.1 Å². The zero-order chi connectivity index (χ0) is 14.1. The van der Waals surface area contributed by atoms with Gasteiger partial charge >= 0.3 is 0 Å². The van der Waals surface area contributed by atoms with Gasteiger partial charge in [-0.2, -0.15) is 9.61 Å². The van der Waals surface area contributed by atoms with Gasteiger partial charge in [0.25, 0.3) is 0 Å². The summed E-state index contributed by atoms with van der Waals surface area (Å²) in [6, 6.07) is 0. The van der Waals surface area contributed by atoms with E-state index in [0.29, 0.717) is 5.92 Å². The maximum atomic E-state index is 4.83. The fraction of sp³-hybridized carbons (Fsp3) is 0.800. The van der Waals surface area contributed by atoms with Gasteiger partial charge in [0.15, 0.2) is 5.82 Å². The van der Waals surface area contributed by atoms with Crippen molar-refractivity contribution >= 4 is 16.3 Å². The summed E-state index contributed by atoms with van der Waals surface area (Å²) in [4.78, 5) is 0.986. The molecule has 2 aromatic heterocycles. The summed E-state index contributed by atoms with van der Waals surface area (Å²) in [5.74, 6) is 2.47. The Kier molecular flexibility index (Phi) is 3.90. The highest BCUT2D eigenvalue weighted by Crippen LogP contribution is 2.32. The van der Waals surface area contributed by atoms with Crippen LogP contribution in [0.3, 0.4) is 0 Å². The van der Waals surface area contributed by atoms with Crippen molar-refractivity contribution in [2.45, 2.75) is 57.3 Å². The van der Waals surface area contributed by atoms with Crippen LogP contribution in [0.1, 0.15) is 61.7 Å². The van der Waals surface area contributed by atoms with Crippen LogP contribution in [0.5, 0.6) is 0 Å². The number of rotatable bonds is 3. The van der Waals surface area contributed by atoms with Gasteiger partial charge in [-0.3, -0.25) is 0 Å². The average molecular weight is 305 g/mol. The minimum absolute atomic E-state index is 0.572. The molecular formula is C15H23N5S. The summed E-state index contributed by atoms with van der Waals surface area (Å²) >= 11 is 1.73. The van der Waals surface area contributed by atoms with Gasteiger partial charge in [-0.1, -0.05) is 30.6 Å². The SMILES string of the molecule is C1CCC(c2nnc3sc(CC4CCNCC4)nn23)CC1. The molecule has 6 heteroatoms. The van der Waals surface area contributed by atoms with Gasteiger partial charge < -0.3 is 5.32 Å². The monoisotopic (exact) mass is 305 g/mol. The van der Waals surface area contributed by atoms with Crippen molar-refractivity contribution < 1.29 is 0 Å². The van der Waals surface area contributed by atoms with Crippen LogP contribution in [0.25, 0.3) is 4.96 Å². The summed E-state index contributed by atoms with van der Waals surface area (Å²) in [5.41, 5.74) is 0. The molecule has 5 nitrogen and oxygen atoms in total. The quantitative estimate of drug-likeness (QED) is 0.947. The van der Waals surface area contributed by atoms with Crippen LogP contribution < -0.4 is 5.32 Å². The molecule has 1 N–H and O–H groups in total. The Morgan fingerprint density at radius 3 is 2.67 bits per heavy atom. The predicted octanol–water partition coefficient (Wildman–Crippen LogP) is 2.78. The van der Waals surface area contributed by atoms with Crippen molar-refractivity contribution in [2.24, 2.45) is 5.92 Å². The van der Waals surface area contributed by atoms with E-state index in [-0.39, 0.29) is 0 Å². The lowest BCUT2D eigenvalue weighted by Crippen LogP contribution is -2.28. The van der Waals surface area contributed by atoms with E-state index in [1.165, 1.54) is 50.0 Å². The van der Waals surface area contributed by atoms with Gasteiger partial charge in [-0.25, -0.2) is 0 Å². The summed E-state index contributed by atoms with van der Waals surface area (Å²) in [6.07, 6.45) is 10.2. The highest BCUT2D eigenvalue weighted by Gasteiger charge is 2.23. The number of piperidine rings is 1. The molecule has 1 aliphatic heterocycles. The molecule has 114 valence electrons. The second kappa shape index (κ2) is 6.01. The van der Waals surface area contributed by atoms with Gasteiger partial charge in [0.2, 0.25) is 4.96 Å². The average Bonchev–Trinajstić information content (AvgIpc) is 3.09. The number of nitrogens with one attached hydrogen (secondary N) is 1. The Bertz CT molecular complexity index is 592. The topological polar surface area (TPSA) is 55.1 Å². The van der Waals surface area contributed by atoms with E-state index in [1.54, 1.807) is 11.3 Å². The van der Waals surface area contributed by atoms with Crippen LogP contribution in [-0.4, -0.2) is 32.9 Å². The number of nitrogens with zero attached hydrogens (tertiary/aromatic N) is 4. The van der Waals surface area contributed by atoms with Crippen LogP contribution >= 0.6 is 11.3 Å². The minimum atomic E-state index is 0.572. The highest BCUT2D eigenvalue weighted by molar-refractivity contribution is 7.16. The lowest BCUT2D eigenvalue weighted by Gasteiger charge is -2.21. The lowest BCUT2D eigenvalue weighted by atomic mass is 9.89. The second-order valence-corrected chi connectivity index (χ2v) is 7.52. The van der Waals surface area contributed by atoms with Gasteiger partial charge in [-0.15, -0.1) is 10.2 Å². The van der Waals surface area contributed by atoms with E-state index in [0.717, 1.165) is 36.2 Å².